The van der Waals surface area contributed by atoms with Crippen LogP contribution in [0.3, 0.4) is 0 Å². The summed E-state index contributed by atoms with van der Waals surface area (Å²) in [5.41, 5.74) is -3.25. The van der Waals surface area contributed by atoms with E-state index in [9.17, 15) is 24.6 Å². The molecule has 1 aliphatic carbocycles. The monoisotopic (exact) mass is 390 g/mol. The molecule has 0 aromatic heterocycles. The van der Waals surface area contributed by atoms with Crippen LogP contribution in [0, 0.1) is 11.8 Å². The lowest BCUT2D eigenvalue weighted by molar-refractivity contribution is -0.171. The van der Waals surface area contributed by atoms with Crippen molar-refractivity contribution in [3.05, 3.63) is 41.2 Å². The van der Waals surface area contributed by atoms with Crippen LogP contribution in [-0.4, -0.2) is 53.4 Å². The Balaban J connectivity index is 2.11. The summed E-state index contributed by atoms with van der Waals surface area (Å²) in [7, 11) is 1.01. The number of methoxy groups -OCH3 is 1. The van der Waals surface area contributed by atoms with E-state index < -0.39 is 46.7 Å². The molecule has 3 rings (SSSR count). The van der Waals surface area contributed by atoms with Crippen molar-refractivity contribution in [2.45, 2.75) is 32.0 Å². The quantitative estimate of drug-likeness (QED) is 0.744. The SMILES string of the molecule is COC(=O)[C@]1(O)C(C(=O)OCC(C)C)=C(O)C[C@@H]2Oc3ccccc3C(=O)[C@H]21. The van der Waals surface area contributed by atoms with Crippen molar-refractivity contribution >= 4 is 17.7 Å². The van der Waals surface area contributed by atoms with Crippen LogP contribution in [0.1, 0.15) is 30.6 Å². The Hall–Kier alpha value is -2.87. The Morgan fingerprint density at radius 1 is 1.32 bits per heavy atom. The van der Waals surface area contributed by atoms with Gasteiger partial charge in [0.1, 0.15) is 29.1 Å². The number of carbonyl (C=O) groups excluding carboxylic acids is 3. The van der Waals surface area contributed by atoms with Crippen molar-refractivity contribution in [1.29, 1.82) is 0 Å². The molecule has 1 aromatic carbocycles. The van der Waals surface area contributed by atoms with Gasteiger partial charge in [0.2, 0.25) is 5.60 Å². The summed E-state index contributed by atoms with van der Waals surface area (Å²) in [6, 6.07) is 6.37. The Bertz CT molecular complexity index is 856. The number of fused-ring (bicyclic) bond motifs is 2. The smallest absolute Gasteiger partial charge is 0.343 e. The molecule has 0 fully saturated rings. The number of aliphatic hydroxyl groups is 2. The third-order valence-corrected chi connectivity index (χ3v) is 4.85. The second kappa shape index (κ2) is 7.27. The van der Waals surface area contributed by atoms with E-state index in [-0.39, 0.29) is 30.3 Å². The molecule has 150 valence electrons. The molecule has 0 radical (unpaired) electrons. The van der Waals surface area contributed by atoms with Crippen molar-refractivity contribution < 1.29 is 38.8 Å². The minimum atomic E-state index is -2.74. The fraction of sp³-hybridized carbons (Fsp3) is 0.450. The average Bonchev–Trinajstić information content (AvgIpc) is 2.65. The zero-order valence-electron chi connectivity index (χ0n) is 15.8. The van der Waals surface area contributed by atoms with Gasteiger partial charge in [-0.3, -0.25) is 4.79 Å². The third kappa shape index (κ3) is 3.03. The lowest BCUT2D eigenvalue weighted by Crippen LogP contribution is -2.62. The van der Waals surface area contributed by atoms with Gasteiger partial charge in [-0.2, -0.15) is 0 Å². The van der Waals surface area contributed by atoms with Crippen molar-refractivity contribution in [3.8, 4) is 5.75 Å². The topological polar surface area (TPSA) is 119 Å². The van der Waals surface area contributed by atoms with Crippen LogP contribution in [0.5, 0.6) is 5.75 Å². The van der Waals surface area contributed by atoms with Gasteiger partial charge in [0.15, 0.2) is 5.78 Å². The molecule has 2 aliphatic rings. The maximum atomic E-state index is 13.1. The number of ether oxygens (including phenoxy) is 3. The summed E-state index contributed by atoms with van der Waals surface area (Å²) in [5.74, 6) is -4.69. The normalized spacial score (nSPS) is 26.2. The molecule has 0 spiro atoms. The van der Waals surface area contributed by atoms with Gasteiger partial charge in [0.05, 0.1) is 19.3 Å². The van der Waals surface area contributed by atoms with Gasteiger partial charge < -0.3 is 24.4 Å². The molecule has 2 N–H and O–H groups in total. The Morgan fingerprint density at radius 2 is 2.00 bits per heavy atom. The molecular formula is C20H22O8. The summed E-state index contributed by atoms with van der Waals surface area (Å²) in [4.78, 5) is 38.3. The number of hydrogen-bond acceptors (Lipinski definition) is 8. The van der Waals surface area contributed by atoms with Crippen LogP contribution in [-0.2, 0) is 19.1 Å². The van der Waals surface area contributed by atoms with Crippen molar-refractivity contribution in [2.75, 3.05) is 13.7 Å². The third-order valence-electron chi connectivity index (χ3n) is 4.85. The van der Waals surface area contributed by atoms with E-state index in [0.29, 0.717) is 0 Å². The van der Waals surface area contributed by atoms with Crippen LogP contribution in [0.15, 0.2) is 35.6 Å². The van der Waals surface area contributed by atoms with E-state index in [4.69, 9.17) is 9.47 Å². The fourth-order valence-electron chi connectivity index (χ4n) is 3.60. The van der Waals surface area contributed by atoms with Gasteiger partial charge in [-0.1, -0.05) is 26.0 Å². The second-order valence-corrected chi connectivity index (χ2v) is 7.27. The first-order valence-electron chi connectivity index (χ1n) is 8.92. The first kappa shape index (κ1) is 19.9. The number of benzene rings is 1. The Labute approximate surface area is 161 Å². The van der Waals surface area contributed by atoms with Crippen LogP contribution in [0.25, 0.3) is 0 Å². The van der Waals surface area contributed by atoms with Crippen molar-refractivity contribution in [3.63, 3.8) is 0 Å². The highest BCUT2D eigenvalue weighted by Gasteiger charge is 2.63. The molecule has 8 heteroatoms. The largest absolute Gasteiger partial charge is 0.511 e. The lowest BCUT2D eigenvalue weighted by Gasteiger charge is -2.44. The first-order chi connectivity index (χ1) is 13.2. The number of carbonyl (C=O) groups is 3. The molecule has 1 heterocycles. The van der Waals surface area contributed by atoms with Gasteiger partial charge in [-0.15, -0.1) is 0 Å². The van der Waals surface area contributed by atoms with Crippen LogP contribution >= 0.6 is 0 Å². The summed E-state index contributed by atoms with van der Waals surface area (Å²) in [6.07, 6.45) is -1.29. The Kier molecular flexibility index (Phi) is 5.16. The van der Waals surface area contributed by atoms with E-state index in [1.807, 2.05) is 0 Å². The van der Waals surface area contributed by atoms with Gasteiger partial charge in [0.25, 0.3) is 0 Å². The molecule has 0 bridgehead atoms. The molecule has 0 saturated heterocycles. The van der Waals surface area contributed by atoms with E-state index in [1.165, 1.54) is 6.07 Å². The first-order valence-corrected chi connectivity index (χ1v) is 8.92. The molecular weight excluding hydrogens is 368 g/mol. The van der Waals surface area contributed by atoms with Gasteiger partial charge in [-0.05, 0) is 18.1 Å². The van der Waals surface area contributed by atoms with Crippen LogP contribution in [0.4, 0.5) is 0 Å². The molecule has 1 aliphatic heterocycles. The molecule has 0 saturated carbocycles. The molecule has 8 nitrogen and oxygen atoms in total. The van der Waals surface area contributed by atoms with Gasteiger partial charge in [-0.25, -0.2) is 9.59 Å². The zero-order valence-corrected chi connectivity index (χ0v) is 15.8. The minimum Gasteiger partial charge on any atom is -0.511 e. The van der Waals surface area contributed by atoms with Crippen LogP contribution in [0.2, 0.25) is 0 Å². The van der Waals surface area contributed by atoms with Crippen molar-refractivity contribution in [1.82, 2.24) is 0 Å². The standard InChI is InChI=1S/C20H22O8/c1-10(2)9-27-18(23)15-12(21)8-14-16(20(15,25)19(24)26-3)17(22)11-6-4-5-7-13(11)28-14/h4-7,10,14,16,21,25H,8-9H2,1-3H3/t14-,16-,20-/m0/s1. The number of ketones is 1. The predicted molar refractivity (Wildman–Crippen MR) is 95.7 cm³/mol. The number of aliphatic hydroxyl groups excluding tert-OH is 1. The minimum absolute atomic E-state index is 0.00818. The maximum absolute atomic E-state index is 13.1. The zero-order chi connectivity index (χ0) is 20.6. The number of Topliss-reactive ketones (excluding diaryl/α,β-unsaturated/α-hetero) is 1. The molecule has 1 aromatic rings. The van der Waals surface area contributed by atoms with Gasteiger partial charge >= 0.3 is 11.9 Å². The number of hydrogen-bond donors (Lipinski definition) is 2. The molecule has 0 unspecified atom stereocenters. The van der Waals surface area contributed by atoms with E-state index >= 15 is 0 Å². The highest BCUT2D eigenvalue weighted by molar-refractivity contribution is 6.10. The fourth-order valence-corrected chi connectivity index (χ4v) is 3.60. The predicted octanol–water partition coefficient (Wildman–Crippen LogP) is 1.57. The summed E-state index contributed by atoms with van der Waals surface area (Å²) in [5, 5.41) is 21.8. The summed E-state index contributed by atoms with van der Waals surface area (Å²) in [6.45, 7) is 3.62. The number of esters is 2. The number of para-hydroxylation sites is 1. The molecule has 0 amide bonds. The second-order valence-electron chi connectivity index (χ2n) is 7.27. The van der Waals surface area contributed by atoms with Gasteiger partial charge in [0, 0.05) is 6.42 Å². The van der Waals surface area contributed by atoms with Crippen LogP contribution < -0.4 is 4.74 Å². The number of rotatable bonds is 4. The van der Waals surface area contributed by atoms with E-state index in [2.05, 4.69) is 4.74 Å². The van der Waals surface area contributed by atoms with Crippen molar-refractivity contribution in [2.24, 2.45) is 11.8 Å². The molecule has 28 heavy (non-hydrogen) atoms. The highest BCUT2D eigenvalue weighted by atomic mass is 16.6. The summed E-state index contributed by atoms with van der Waals surface area (Å²) < 4.78 is 15.6. The highest BCUT2D eigenvalue weighted by Crippen LogP contribution is 2.46. The average molecular weight is 390 g/mol. The Morgan fingerprint density at radius 3 is 2.64 bits per heavy atom. The molecule has 3 atom stereocenters. The van der Waals surface area contributed by atoms with E-state index in [0.717, 1.165) is 7.11 Å². The maximum Gasteiger partial charge on any atom is 0.343 e. The lowest BCUT2D eigenvalue weighted by atomic mass is 9.67. The summed E-state index contributed by atoms with van der Waals surface area (Å²) >= 11 is 0. The van der Waals surface area contributed by atoms with E-state index in [1.54, 1.807) is 32.0 Å².